The van der Waals surface area contributed by atoms with Gasteiger partial charge in [0.15, 0.2) is 6.10 Å². The number of anilines is 1. The molecule has 8 heteroatoms. The van der Waals surface area contributed by atoms with Crippen LogP contribution < -0.4 is 4.90 Å². The maximum absolute atomic E-state index is 13.1. The van der Waals surface area contributed by atoms with Crippen LogP contribution in [0.1, 0.15) is 38.0 Å². The number of likely N-dealkylation sites (N-methyl/N-ethyl adjacent to an activating group) is 1. The summed E-state index contributed by atoms with van der Waals surface area (Å²) in [6, 6.07) is 8.90. The Labute approximate surface area is 160 Å². The molecule has 0 unspecified atom stereocenters. The van der Waals surface area contributed by atoms with Crippen LogP contribution in [0.4, 0.5) is 10.1 Å². The predicted octanol–water partition coefficient (Wildman–Crippen LogP) is 2.26. The molecule has 0 aliphatic carbocycles. The summed E-state index contributed by atoms with van der Waals surface area (Å²) in [5, 5.41) is 0. The second kappa shape index (κ2) is 7.22. The first kappa shape index (κ1) is 19.2. The predicted molar refractivity (Wildman–Crippen MR) is 97.6 cm³/mol. The molecule has 2 aromatic rings. The molecule has 0 saturated carbocycles. The van der Waals surface area contributed by atoms with E-state index in [2.05, 4.69) is 0 Å². The molecule has 1 aliphatic heterocycles. The summed E-state index contributed by atoms with van der Waals surface area (Å²) in [7, 11) is 3.08. The molecular formula is C20H17FN2O5. The lowest BCUT2D eigenvalue weighted by atomic mass is 10.1. The van der Waals surface area contributed by atoms with Gasteiger partial charge in [-0.1, -0.05) is 0 Å². The van der Waals surface area contributed by atoms with Gasteiger partial charge in [0.25, 0.3) is 17.7 Å². The molecule has 0 aromatic heterocycles. The van der Waals surface area contributed by atoms with E-state index >= 15 is 0 Å². The standard InChI is InChI=1S/C20H17FN2O5/c1-11(17(24)22(2)3)28-20(27)12-4-9-15-16(10-12)19(26)23(18(15)25)14-7-5-13(21)6-8-14/h4-11H,1-3H3/t11-/m1/s1. The van der Waals surface area contributed by atoms with Gasteiger partial charge in [0.05, 0.1) is 22.4 Å². The fourth-order valence-corrected chi connectivity index (χ4v) is 2.84. The summed E-state index contributed by atoms with van der Waals surface area (Å²) in [5.41, 5.74) is 0.430. The number of carbonyl (C=O) groups excluding carboxylic acids is 4. The summed E-state index contributed by atoms with van der Waals surface area (Å²) >= 11 is 0. The lowest BCUT2D eigenvalue weighted by Gasteiger charge is -2.17. The number of ether oxygens (including phenoxy) is 1. The highest BCUT2D eigenvalue weighted by molar-refractivity contribution is 6.34. The Morgan fingerprint density at radius 3 is 2.21 bits per heavy atom. The minimum absolute atomic E-state index is 0.0374. The summed E-state index contributed by atoms with van der Waals surface area (Å²) in [4.78, 5) is 51.6. The second-order valence-electron chi connectivity index (χ2n) is 6.46. The molecule has 3 rings (SSSR count). The van der Waals surface area contributed by atoms with Crippen LogP contribution in [0.2, 0.25) is 0 Å². The Morgan fingerprint density at radius 1 is 1.00 bits per heavy atom. The van der Waals surface area contributed by atoms with Gasteiger partial charge >= 0.3 is 5.97 Å². The Morgan fingerprint density at radius 2 is 1.61 bits per heavy atom. The van der Waals surface area contributed by atoms with Crippen molar-refractivity contribution in [2.75, 3.05) is 19.0 Å². The maximum Gasteiger partial charge on any atom is 0.338 e. The van der Waals surface area contributed by atoms with E-state index in [4.69, 9.17) is 4.74 Å². The first-order valence-electron chi connectivity index (χ1n) is 8.41. The summed E-state index contributed by atoms with van der Waals surface area (Å²) < 4.78 is 18.2. The van der Waals surface area contributed by atoms with Crippen molar-refractivity contribution in [3.8, 4) is 0 Å². The Bertz CT molecular complexity index is 985. The highest BCUT2D eigenvalue weighted by Crippen LogP contribution is 2.29. The fraction of sp³-hybridized carbons (Fsp3) is 0.200. The van der Waals surface area contributed by atoms with E-state index < -0.39 is 29.7 Å². The second-order valence-corrected chi connectivity index (χ2v) is 6.46. The molecule has 0 spiro atoms. The molecule has 0 bridgehead atoms. The SMILES string of the molecule is C[C@@H](OC(=O)c1ccc2c(c1)C(=O)N(c1ccc(F)cc1)C2=O)C(=O)N(C)C. The third kappa shape index (κ3) is 3.36. The molecule has 0 fully saturated rings. The Balaban J connectivity index is 1.86. The van der Waals surface area contributed by atoms with Crippen molar-refractivity contribution in [2.24, 2.45) is 0 Å². The zero-order valence-corrected chi connectivity index (χ0v) is 15.4. The molecule has 144 valence electrons. The van der Waals surface area contributed by atoms with Gasteiger partial charge in [-0.05, 0) is 49.4 Å². The molecule has 0 radical (unpaired) electrons. The molecular weight excluding hydrogens is 367 g/mol. The number of fused-ring (bicyclic) bond motifs is 1. The topological polar surface area (TPSA) is 84.0 Å². The third-order valence-electron chi connectivity index (χ3n) is 4.28. The van der Waals surface area contributed by atoms with E-state index in [1.54, 1.807) is 0 Å². The number of nitrogens with zero attached hydrogens (tertiary/aromatic N) is 2. The molecule has 3 amide bonds. The minimum atomic E-state index is -0.996. The Hall–Kier alpha value is -3.55. The van der Waals surface area contributed by atoms with E-state index in [0.29, 0.717) is 0 Å². The first-order valence-corrected chi connectivity index (χ1v) is 8.41. The number of rotatable bonds is 4. The molecule has 1 atom stereocenters. The monoisotopic (exact) mass is 384 g/mol. The first-order chi connectivity index (χ1) is 13.2. The van der Waals surface area contributed by atoms with Crippen LogP contribution in [-0.2, 0) is 9.53 Å². The largest absolute Gasteiger partial charge is 0.449 e. The average molecular weight is 384 g/mol. The highest BCUT2D eigenvalue weighted by Gasteiger charge is 2.37. The quantitative estimate of drug-likeness (QED) is 0.596. The molecule has 0 saturated heterocycles. The van der Waals surface area contributed by atoms with Gasteiger partial charge < -0.3 is 9.64 Å². The molecule has 1 aliphatic rings. The van der Waals surface area contributed by atoms with E-state index in [0.717, 1.165) is 17.0 Å². The molecule has 2 aromatic carbocycles. The van der Waals surface area contributed by atoms with Crippen molar-refractivity contribution in [1.82, 2.24) is 4.90 Å². The van der Waals surface area contributed by atoms with Gasteiger partial charge in [0.2, 0.25) is 0 Å². The van der Waals surface area contributed by atoms with Crippen molar-refractivity contribution in [3.63, 3.8) is 0 Å². The maximum atomic E-state index is 13.1. The minimum Gasteiger partial charge on any atom is -0.449 e. The van der Waals surface area contributed by atoms with Crippen LogP contribution in [0.15, 0.2) is 42.5 Å². The van der Waals surface area contributed by atoms with Crippen LogP contribution in [0.5, 0.6) is 0 Å². The van der Waals surface area contributed by atoms with E-state index in [9.17, 15) is 23.6 Å². The smallest absolute Gasteiger partial charge is 0.338 e. The normalized spacial score (nSPS) is 13.9. The number of halogens is 1. The van der Waals surface area contributed by atoms with Gasteiger partial charge in [-0.2, -0.15) is 0 Å². The van der Waals surface area contributed by atoms with Crippen molar-refractivity contribution < 1.29 is 28.3 Å². The van der Waals surface area contributed by atoms with Crippen LogP contribution in [0.3, 0.4) is 0 Å². The average Bonchev–Trinajstić information content (AvgIpc) is 2.92. The van der Waals surface area contributed by atoms with Crippen molar-refractivity contribution in [2.45, 2.75) is 13.0 Å². The summed E-state index contributed by atoms with van der Waals surface area (Å²) in [6.45, 7) is 1.44. The van der Waals surface area contributed by atoms with Crippen molar-refractivity contribution >= 4 is 29.4 Å². The summed E-state index contributed by atoms with van der Waals surface area (Å²) in [5.74, 6) is -2.86. The van der Waals surface area contributed by atoms with Gasteiger partial charge in [-0.3, -0.25) is 14.4 Å². The number of imide groups is 1. The number of carbonyl (C=O) groups is 4. The zero-order chi connectivity index (χ0) is 20.6. The van der Waals surface area contributed by atoms with Crippen LogP contribution in [0.25, 0.3) is 0 Å². The Kier molecular flexibility index (Phi) is 4.96. The fourth-order valence-electron chi connectivity index (χ4n) is 2.84. The van der Waals surface area contributed by atoms with E-state index in [1.807, 2.05) is 0 Å². The number of amides is 3. The van der Waals surface area contributed by atoms with Gasteiger partial charge in [0.1, 0.15) is 5.82 Å². The molecule has 0 N–H and O–H groups in total. The van der Waals surface area contributed by atoms with E-state index in [1.165, 1.54) is 56.3 Å². The lowest BCUT2D eigenvalue weighted by Crippen LogP contribution is -2.34. The molecule has 28 heavy (non-hydrogen) atoms. The van der Waals surface area contributed by atoms with Crippen LogP contribution in [-0.4, -0.2) is 48.8 Å². The molecule has 1 heterocycles. The number of esters is 1. The summed E-state index contributed by atoms with van der Waals surface area (Å²) in [6.07, 6.45) is -0.996. The van der Waals surface area contributed by atoms with Crippen molar-refractivity contribution in [3.05, 3.63) is 65.0 Å². The number of hydrogen-bond acceptors (Lipinski definition) is 5. The zero-order valence-electron chi connectivity index (χ0n) is 15.4. The van der Waals surface area contributed by atoms with Gasteiger partial charge in [0, 0.05) is 14.1 Å². The number of hydrogen-bond donors (Lipinski definition) is 0. The molecule has 7 nitrogen and oxygen atoms in total. The highest BCUT2D eigenvalue weighted by atomic mass is 19.1. The van der Waals surface area contributed by atoms with Gasteiger partial charge in [-0.15, -0.1) is 0 Å². The third-order valence-corrected chi connectivity index (χ3v) is 4.28. The number of benzene rings is 2. The van der Waals surface area contributed by atoms with Crippen molar-refractivity contribution in [1.29, 1.82) is 0 Å². The van der Waals surface area contributed by atoms with Crippen LogP contribution in [0, 0.1) is 5.82 Å². The lowest BCUT2D eigenvalue weighted by molar-refractivity contribution is -0.137. The van der Waals surface area contributed by atoms with Crippen LogP contribution >= 0.6 is 0 Å². The van der Waals surface area contributed by atoms with Gasteiger partial charge in [-0.25, -0.2) is 14.1 Å². The van der Waals surface area contributed by atoms with E-state index in [-0.39, 0.29) is 28.3 Å².